The minimum absolute atomic E-state index is 0.0814. The van der Waals surface area contributed by atoms with Gasteiger partial charge in [0.2, 0.25) is 0 Å². The van der Waals surface area contributed by atoms with Crippen LogP contribution >= 0.6 is 0 Å². The first kappa shape index (κ1) is 20.6. The molecule has 0 spiro atoms. The van der Waals surface area contributed by atoms with E-state index in [0.717, 1.165) is 42.8 Å². The molecule has 2 aromatic heterocycles. The molecular weight excluding hydrogens is 406 g/mol. The maximum absolute atomic E-state index is 13.1. The first-order chi connectivity index (χ1) is 15.7. The van der Waals surface area contributed by atoms with Crippen LogP contribution in [0.2, 0.25) is 0 Å². The van der Waals surface area contributed by atoms with E-state index in [1.54, 1.807) is 12.5 Å². The van der Waals surface area contributed by atoms with E-state index < -0.39 is 0 Å². The highest BCUT2D eigenvalue weighted by Crippen LogP contribution is 2.29. The van der Waals surface area contributed by atoms with Gasteiger partial charge in [0, 0.05) is 50.8 Å². The number of aryl methyl sites for hydroxylation is 1. The number of benzene rings is 1. The second-order valence-electron chi connectivity index (χ2n) is 8.47. The van der Waals surface area contributed by atoms with Gasteiger partial charge >= 0.3 is 0 Å². The molecule has 0 radical (unpaired) electrons. The van der Waals surface area contributed by atoms with Crippen molar-refractivity contribution in [3.63, 3.8) is 0 Å². The van der Waals surface area contributed by atoms with Gasteiger partial charge in [-0.25, -0.2) is 15.0 Å². The summed E-state index contributed by atoms with van der Waals surface area (Å²) in [5.74, 6) is 1.47. The van der Waals surface area contributed by atoms with Crippen LogP contribution in [0.5, 0.6) is 5.75 Å². The fourth-order valence-electron chi connectivity index (χ4n) is 4.20. The molecule has 1 aliphatic heterocycles. The van der Waals surface area contributed by atoms with Crippen molar-refractivity contribution in [1.29, 1.82) is 0 Å². The Morgan fingerprint density at radius 3 is 2.66 bits per heavy atom. The van der Waals surface area contributed by atoms with Gasteiger partial charge in [0.25, 0.3) is 5.91 Å². The molecule has 1 N–H and O–H groups in total. The summed E-state index contributed by atoms with van der Waals surface area (Å²) in [4.78, 5) is 26.6. The molecular formula is C24H27N5O3. The van der Waals surface area contributed by atoms with Gasteiger partial charge < -0.3 is 19.4 Å². The molecule has 0 bridgehead atoms. The number of carbonyl (C=O) groups excluding carboxylic acids is 1. The quantitative estimate of drug-likeness (QED) is 0.642. The molecule has 8 nitrogen and oxygen atoms in total. The molecule has 0 unspecified atom stereocenters. The van der Waals surface area contributed by atoms with Crippen LogP contribution < -0.4 is 10.1 Å². The first-order valence-corrected chi connectivity index (χ1v) is 11.1. The van der Waals surface area contributed by atoms with Crippen LogP contribution in [-0.2, 0) is 11.8 Å². The lowest BCUT2D eigenvalue weighted by atomic mass is 9.89. The predicted octanol–water partition coefficient (Wildman–Crippen LogP) is 3.11. The Balaban J connectivity index is 1.30. The molecule has 3 aromatic rings. The van der Waals surface area contributed by atoms with E-state index in [2.05, 4.69) is 15.3 Å². The molecule has 2 aliphatic rings. The number of ether oxygens (including phenoxy) is 2. The Morgan fingerprint density at radius 2 is 1.94 bits per heavy atom. The molecule has 1 aliphatic carbocycles. The van der Waals surface area contributed by atoms with E-state index in [4.69, 9.17) is 14.5 Å². The van der Waals surface area contributed by atoms with Crippen LogP contribution in [0.15, 0.2) is 48.9 Å². The van der Waals surface area contributed by atoms with Crippen molar-refractivity contribution in [2.24, 2.45) is 7.05 Å². The summed E-state index contributed by atoms with van der Waals surface area (Å²) in [5.41, 5.74) is 2.07. The highest BCUT2D eigenvalue weighted by Gasteiger charge is 2.33. The van der Waals surface area contributed by atoms with Gasteiger partial charge in [-0.05, 0) is 31.0 Å². The minimum Gasteiger partial charge on any atom is -0.490 e. The largest absolute Gasteiger partial charge is 0.490 e. The van der Waals surface area contributed by atoms with Crippen molar-refractivity contribution in [2.75, 3.05) is 13.2 Å². The molecule has 8 heteroatoms. The van der Waals surface area contributed by atoms with Crippen LogP contribution in [0.4, 0.5) is 0 Å². The Labute approximate surface area is 187 Å². The van der Waals surface area contributed by atoms with Gasteiger partial charge in [0.05, 0.1) is 12.5 Å². The number of imidazole rings is 1. The zero-order valence-corrected chi connectivity index (χ0v) is 18.1. The molecule has 1 saturated carbocycles. The average Bonchev–Trinajstić information content (AvgIpc) is 3.24. The van der Waals surface area contributed by atoms with Crippen LogP contribution in [0.3, 0.4) is 0 Å². The Morgan fingerprint density at radius 1 is 1.16 bits per heavy atom. The zero-order chi connectivity index (χ0) is 21.9. The molecule has 32 heavy (non-hydrogen) atoms. The zero-order valence-electron chi connectivity index (χ0n) is 18.1. The lowest BCUT2D eigenvalue weighted by Gasteiger charge is -2.35. The fourth-order valence-corrected chi connectivity index (χ4v) is 4.20. The fraction of sp³-hybridized carbons (Fsp3) is 0.417. The number of nitrogens with one attached hydrogen (secondary N) is 1. The maximum atomic E-state index is 13.1. The smallest absolute Gasteiger partial charge is 0.270 e. The molecule has 1 amide bonds. The summed E-state index contributed by atoms with van der Waals surface area (Å²) < 4.78 is 13.3. The number of hydrogen-bond acceptors (Lipinski definition) is 6. The molecule has 0 atom stereocenters. The lowest BCUT2D eigenvalue weighted by molar-refractivity contribution is 0.0697. The van der Waals surface area contributed by atoms with Gasteiger partial charge in [-0.3, -0.25) is 4.79 Å². The standard InChI is InChI=1S/C24H27N5O3/c1-29-15-25-14-22(29)23-27-20(16-7-9-31-10-8-16)13-21(28-23)24(30)26-17-11-19(12-17)32-18-5-3-2-4-6-18/h2-6,13-17,19H,7-12H2,1H3,(H,26,30)/t17-,19-. The summed E-state index contributed by atoms with van der Waals surface area (Å²) in [7, 11) is 1.90. The summed E-state index contributed by atoms with van der Waals surface area (Å²) in [6.07, 6.45) is 6.91. The lowest BCUT2D eigenvalue weighted by Crippen LogP contribution is -2.49. The number of para-hydroxylation sites is 1. The van der Waals surface area contributed by atoms with Crippen LogP contribution in [0, 0.1) is 0 Å². The third kappa shape index (κ3) is 4.50. The van der Waals surface area contributed by atoms with E-state index in [9.17, 15) is 4.79 Å². The third-order valence-electron chi connectivity index (χ3n) is 6.14. The van der Waals surface area contributed by atoms with Crippen molar-refractivity contribution in [3.05, 3.63) is 60.3 Å². The molecule has 1 aromatic carbocycles. The Kier molecular flexibility index (Phi) is 5.85. The van der Waals surface area contributed by atoms with Gasteiger partial charge in [-0.1, -0.05) is 18.2 Å². The highest BCUT2D eigenvalue weighted by atomic mass is 16.5. The summed E-state index contributed by atoms with van der Waals surface area (Å²) in [6, 6.07) is 11.7. The van der Waals surface area contributed by atoms with Crippen molar-refractivity contribution < 1.29 is 14.3 Å². The van der Waals surface area contributed by atoms with Gasteiger partial charge in [-0.2, -0.15) is 0 Å². The van der Waals surface area contributed by atoms with Gasteiger partial charge in [0.15, 0.2) is 5.82 Å². The predicted molar refractivity (Wildman–Crippen MR) is 118 cm³/mol. The second kappa shape index (κ2) is 9.08. The molecule has 3 heterocycles. The van der Waals surface area contributed by atoms with E-state index in [1.807, 2.05) is 48.0 Å². The van der Waals surface area contributed by atoms with Crippen LogP contribution in [0.25, 0.3) is 11.5 Å². The number of hydrogen-bond donors (Lipinski definition) is 1. The van der Waals surface area contributed by atoms with E-state index in [-0.39, 0.29) is 24.0 Å². The van der Waals surface area contributed by atoms with Crippen LogP contribution in [0.1, 0.15) is 47.8 Å². The number of amides is 1. The number of rotatable bonds is 6. The average molecular weight is 434 g/mol. The number of carbonyl (C=O) groups is 1. The second-order valence-corrected chi connectivity index (χ2v) is 8.47. The topological polar surface area (TPSA) is 91.2 Å². The van der Waals surface area contributed by atoms with Crippen molar-refractivity contribution in [3.8, 4) is 17.3 Å². The van der Waals surface area contributed by atoms with Crippen molar-refractivity contribution in [1.82, 2.24) is 24.8 Å². The minimum atomic E-state index is -0.174. The van der Waals surface area contributed by atoms with Crippen molar-refractivity contribution in [2.45, 2.75) is 43.7 Å². The van der Waals surface area contributed by atoms with E-state index >= 15 is 0 Å². The monoisotopic (exact) mass is 433 g/mol. The molecule has 1 saturated heterocycles. The summed E-state index contributed by atoms with van der Waals surface area (Å²) in [5, 5.41) is 3.11. The number of nitrogens with zero attached hydrogens (tertiary/aromatic N) is 4. The summed E-state index contributed by atoms with van der Waals surface area (Å²) in [6.45, 7) is 1.42. The molecule has 5 rings (SSSR count). The summed E-state index contributed by atoms with van der Waals surface area (Å²) >= 11 is 0. The molecule has 166 valence electrons. The Hall–Kier alpha value is -3.26. The maximum Gasteiger partial charge on any atom is 0.270 e. The third-order valence-corrected chi connectivity index (χ3v) is 6.14. The number of aromatic nitrogens is 4. The molecule has 2 fully saturated rings. The van der Waals surface area contributed by atoms with Gasteiger partial charge in [0.1, 0.15) is 23.2 Å². The SMILES string of the molecule is Cn1cncc1-c1nc(C(=O)N[C@H]2C[C@H](Oc3ccccc3)C2)cc(C2CCOCC2)n1. The van der Waals surface area contributed by atoms with E-state index in [0.29, 0.717) is 24.7 Å². The van der Waals surface area contributed by atoms with Crippen LogP contribution in [-0.4, -0.2) is 50.8 Å². The van der Waals surface area contributed by atoms with E-state index in [1.165, 1.54) is 0 Å². The normalized spacial score (nSPS) is 21.0. The Bertz CT molecular complexity index is 1070. The van der Waals surface area contributed by atoms with Gasteiger partial charge in [-0.15, -0.1) is 0 Å². The van der Waals surface area contributed by atoms with Crippen molar-refractivity contribution >= 4 is 5.91 Å². The highest BCUT2D eigenvalue weighted by molar-refractivity contribution is 5.93. The first-order valence-electron chi connectivity index (χ1n) is 11.1.